The van der Waals surface area contributed by atoms with E-state index in [4.69, 9.17) is 11.6 Å². The first-order chi connectivity index (χ1) is 15.9. The van der Waals surface area contributed by atoms with Gasteiger partial charge in [0.2, 0.25) is 17.7 Å². The van der Waals surface area contributed by atoms with E-state index in [2.05, 4.69) is 16.0 Å². The molecule has 0 bridgehead atoms. The normalized spacial score (nSPS) is 22.2. The van der Waals surface area contributed by atoms with Crippen molar-refractivity contribution >= 4 is 52.7 Å². The Labute approximate surface area is 200 Å². The van der Waals surface area contributed by atoms with Crippen molar-refractivity contribution in [1.82, 2.24) is 16.0 Å². The van der Waals surface area contributed by atoms with Crippen molar-refractivity contribution in [3.05, 3.63) is 59.1 Å². The topological polar surface area (TPSA) is 108 Å². The van der Waals surface area contributed by atoms with Gasteiger partial charge >= 0.3 is 0 Å². The molecule has 3 N–H and O–H groups in total. The summed E-state index contributed by atoms with van der Waals surface area (Å²) in [5.41, 5.74) is 1.38. The fourth-order valence-corrected chi connectivity index (χ4v) is 5.54. The molecule has 4 rings (SSSR count). The van der Waals surface area contributed by atoms with Crippen LogP contribution in [0.3, 0.4) is 0 Å². The number of nitrogens with one attached hydrogen (secondary N) is 3. The average molecular weight is 487 g/mol. The summed E-state index contributed by atoms with van der Waals surface area (Å²) in [5.74, 6) is -1.39. The number of anilines is 1. The largest absolute Gasteiger partial charge is 0.358 e. The Kier molecular flexibility index (Phi) is 6.90. The van der Waals surface area contributed by atoms with Crippen LogP contribution in [0, 0.1) is 0 Å². The van der Waals surface area contributed by atoms with Gasteiger partial charge in [-0.1, -0.05) is 41.9 Å². The monoisotopic (exact) mass is 486 g/mol. The van der Waals surface area contributed by atoms with Gasteiger partial charge in [-0.3, -0.25) is 19.2 Å². The molecule has 10 heteroatoms. The van der Waals surface area contributed by atoms with Crippen molar-refractivity contribution in [1.29, 1.82) is 0 Å². The van der Waals surface area contributed by atoms with E-state index in [1.165, 1.54) is 23.7 Å². The number of nitrogens with zero attached hydrogens (tertiary/aromatic N) is 1. The maximum absolute atomic E-state index is 13.8. The highest BCUT2D eigenvalue weighted by molar-refractivity contribution is 7.99. The summed E-state index contributed by atoms with van der Waals surface area (Å²) in [7, 11) is 1.50. The van der Waals surface area contributed by atoms with Crippen LogP contribution in [-0.2, 0) is 19.2 Å². The van der Waals surface area contributed by atoms with E-state index < -0.39 is 29.1 Å². The zero-order valence-electron chi connectivity index (χ0n) is 17.8. The molecule has 0 spiro atoms. The van der Waals surface area contributed by atoms with Gasteiger partial charge in [0.15, 0.2) is 0 Å². The minimum absolute atomic E-state index is 0.195. The number of carbonyl (C=O) groups excluding carboxylic acids is 4. The molecule has 0 saturated carbocycles. The predicted octanol–water partition coefficient (Wildman–Crippen LogP) is 2.03. The lowest BCUT2D eigenvalue weighted by molar-refractivity contribution is -0.130. The summed E-state index contributed by atoms with van der Waals surface area (Å²) in [5, 5.41) is 8.06. The van der Waals surface area contributed by atoms with E-state index in [0.717, 1.165) is 10.5 Å². The van der Waals surface area contributed by atoms with Crippen LogP contribution >= 0.6 is 23.4 Å². The second kappa shape index (κ2) is 9.84. The zero-order chi connectivity index (χ0) is 23.5. The summed E-state index contributed by atoms with van der Waals surface area (Å²) in [6.45, 7) is -0.210. The van der Waals surface area contributed by atoms with Gasteiger partial charge in [0.25, 0.3) is 5.91 Å². The van der Waals surface area contributed by atoms with Gasteiger partial charge in [0.1, 0.15) is 18.6 Å². The molecule has 2 aliphatic rings. The summed E-state index contributed by atoms with van der Waals surface area (Å²) < 4.78 is 0. The quantitative estimate of drug-likeness (QED) is 0.599. The second-order valence-electron chi connectivity index (χ2n) is 7.80. The summed E-state index contributed by atoms with van der Waals surface area (Å²) in [6, 6.07) is 12.8. The molecule has 4 amide bonds. The minimum Gasteiger partial charge on any atom is -0.358 e. The van der Waals surface area contributed by atoms with Gasteiger partial charge in [-0.15, -0.1) is 11.8 Å². The van der Waals surface area contributed by atoms with Crippen molar-refractivity contribution < 1.29 is 19.2 Å². The number of rotatable bonds is 5. The highest BCUT2D eigenvalue weighted by Gasteiger charge is 2.41. The van der Waals surface area contributed by atoms with Gasteiger partial charge in [0.05, 0.1) is 10.9 Å². The average Bonchev–Trinajstić information content (AvgIpc) is 3.22. The van der Waals surface area contributed by atoms with Crippen LogP contribution in [0.25, 0.3) is 0 Å². The molecule has 0 aliphatic carbocycles. The van der Waals surface area contributed by atoms with Crippen LogP contribution in [0.2, 0.25) is 5.02 Å². The third kappa shape index (κ3) is 4.99. The first-order valence-corrected chi connectivity index (χ1v) is 11.8. The van der Waals surface area contributed by atoms with E-state index in [1.54, 1.807) is 18.2 Å². The third-order valence-corrected chi connectivity index (χ3v) is 7.23. The van der Waals surface area contributed by atoms with Crippen molar-refractivity contribution in [2.75, 3.05) is 18.5 Å². The Hall–Kier alpha value is -3.04. The predicted molar refractivity (Wildman–Crippen MR) is 126 cm³/mol. The lowest BCUT2D eigenvalue weighted by Gasteiger charge is -2.29. The molecule has 2 aliphatic heterocycles. The lowest BCUT2D eigenvalue weighted by atomic mass is 10.0. The zero-order valence-corrected chi connectivity index (χ0v) is 19.4. The van der Waals surface area contributed by atoms with Crippen LogP contribution in [0.4, 0.5) is 5.69 Å². The molecule has 2 heterocycles. The van der Waals surface area contributed by atoms with Crippen molar-refractivity contribution in [2.24, 2.45) is 0 Å². The highest BCUT2D eigenvalue weighted by Crippen LogP contribution is 2.46. The van der Waals surface area contributed by atoms with Crippen molar-refractivity contribution in [3.63, 3.8) is 0 Å². The van der Waals surface area contributed by atoms with Crippen LogP contribution < -0.4 is 20.9 Å². The van der Waals surface area contributed by atoms with Gasteiger partial charge < -0.3 is 20.9 Å². The van der Waals surface area contributed by atoms with Gasteiger partial charge in [0, 0.05) is 23.4 Å². The number of hydrogen-bond acceptors (Lipinski definition) is 5. The Morgan fingerprint density at radius 2 is 1.94 bits per heavy atom. The summed E-state index contributed by atoms with van der Waals surface area (Å²) in [6.07, 6.45) is 0.632. The Morgan fingerprint density at radius 3 is 2.61 bits per heavy atom. The first-order valence-electron chi connectivity index (χ1n) is 10.5. The maximum atomic E-state index is 13.8. The van der Waals surface area contributed by atoms with Crippen LogP contribution in [0.1, 0.15) is 23.7 Å². The molecule has 1 saturated heterocycles. The van der Waals surface area contributed by atoms with E-state index in [1.807, 2.05) is 30.3 Å². The molecule has 2 aromatic carbocycles. The van der Waals surface area contributed by atoms with E-state index in [-0.39, 0.29) is 24.8 Å². The number of halogens is 1. The Morgan fingerprint density at radius 1 is 1.18 bits per heavy atom. The summed E-state index contributed by atoms with van der Waals surface area (Å²) >= 11 is 7.66. The molecule has 172 valence electrons. The Balaban J connectivity index is 1.76. The fourth-order valence-electron chi connectivity index (χ4n) is 3.92. The van der Waals surface area contributed by atoms with Crippen LogP contribution in [-0.4, -0.2) is 49.3 Å². The molecule has 33 heavy (non-hydrogen) atoms. The number of hydrogen-bond donors (Lipinski definition) is 3. The molecular formula is C23H23ClN4O4S. The smallest absolute Gasteiger partial charge is 0.251 e. The Bertz CT molecular complexity index is 1100. The molecule has 8 nitrogen and oxygen atoms in total. The molecule has 3 atom stereocenters. The molecule has 1 fully saturated rings. The molecule has 2 aromatic rings. The van der Waals surface area contributed by atoms with Crippen molar-refractivity contribution in [2.45, 2.75) is 35.1 Å². The van der Waals surface area contributed by atoms with E-state index in [9.17, 15) is 19.2 Å². The second-order valence-corrected chi connectivity index (χ2v) is 9.42. The number of benzene rings is 2. The van der Waals surface area contributed by atoms with Gasteiger partial charge in [-0.05, 0) is 30.2 Å². The first kappa shape index (κ1) is 23.1. The standard InChI is InChI=1S/C23H23ClN4O4S/c1-25-19(30)12-28-16-9-7-14(24)11-17(16)33-21(13-5-3-2-4-6-13)20(23(28)32)27-22(31)15-8-10-18(29)26-15/h2-7,9,11,15,20-21H,8,10,12H2,1H3,(H,25,30)(H,26,29)(H,27,31)/t15-,20-,21+/m0/s1. The van der Waals surface area contributed by atoms with Crippen molar-refractivity contribution in [3.8, 4) is 0 Å². The number of amides is 4. The minimum atomic E-state index is -0.974. The highest BCUT2D eigenvalue weighted by atomic mass is 35.5. The molecule has 0 aromatic heterocycles. The van der Waals surface area contributed by atoms with Crippen LogP contribution in [0.5, 0.6) is 0 Å². The van der Waals surface area contributed by atoms with E-state index >= 15 is 0 Å². The number of fused-ring (bicyclic) bond motifs is 1. The lowest BCUT2D eigenvalue weighted by Crippen LogP contribution is -2.55. The van der Waals surface area contributed by atoms with Gasteiger partial charge in [-0.25, -0.2) is 0 Å². The number of thioether (sulfide) groups is 1. The summed E-state index contributed by atoms with van der Waals surface area (Å²) in [4.78, 5) is 52.8. The fraction of sp³-hybridized carbons (Fsp3) is 0.304. The number of likely N-dealkylation sites (N-methyl/N-ethyl adjacent to an activating group) is 1. The third-order valence-electron chi connectivity index (χ3n) is 5.62. The molecule has 0 unspecified atom stereocenters. The number of carbonyl (C=O) groups is 4. The van der Waals surface area contributed by atoms with E-state index in [0.29, 0.717) is 17.1 Å². The molecule has 0 radical (unpaired) electrons. The SMILES string of the molecule is CNC(=O)CN1C(=O)[C@@H](NC(=O)[C@@H]2CCC(=O)N2)[C@@H](c2ccccc2)Sc2cc(Cl)ccc21. The van der Waals surface area contributed by atoms with Crippen LogP contribution in [0.15, 0.2) is 53.4 Å². The van der Waals surface area contributed by atoms with Gasteiger partial charge in [-0.2, -0.15) is 0 Å². The maximum Gasteiger partial charge on any atom is 0.251 e. The molecular weight excluding hydrogens is 464 g/mol.